The predicted octanol–water partition coefficient (Wildman–Crippen LogP) is 2.01. The summed E-state index contributed by atoms with van der Waals surface area (Å²) in [5, 5.41) is 11.8. The zero-order valence-corrected chi connectivity index (χ0v) is 11.5. The van der Waals surface area contributed by atoms with E-state index in [4.69, 9.17) is 10.8 Å². The molecule has 104 valence electrons. The Hall–Kier alpha value is -1.88. The molecular weight excluding hydrogens is 244 g/mol. The Bertz CT molecular complexity index is 493. The number of carbonyl (C=O) groups is 2. The van der Waals surface area contributed by atoms with Gasteiger partial charge in [-0.15, -0.1) is 0 Å². The molecule has 0 aliphatic heterocycles. The van der Waals surface area contributed by atoms with E-state index < -0.39 is 11.4 Å². The Morgan fingerprint density at radius 1 is 1.42 bits per heavy atom. The third-order valence-corrected chi connectivity index (χ3v) is 3.43. The SMILES string of the molecule is CCC(C)(CN)C(=O)Nc1ccc(C)cc1C(=O)O. The number of rotatable bonds is 5. The van der Waals surface area contributed by atoms with Crippen LogP contribution in [0.1, 0.15) is 36.2 Å². The van der Waals surface area contributed by atoms with Gasteiger partial charge in [-0.2, -0.15) is 0 Å². The van der Waals surface area contributed by atoms with E-state index in [2.05, 4.69) is 5.32 Å². The summed E-state index contributed by atoms with van der Waals surface area (Å²) < 4.78 is 0. The van der Waals surface area contributed by atoms with E-state index in [9.17, 15) is 9.59 Å². The summed E-state index contributed by atoms with van der Waals surface area (Å²) in [6, 6.07) is 4.89. The molecule has 0 aromatic heterocycles. The largest absolute Gasteiger partial charge is 0.478 e. The van der Waals surface area contributed by atoms with Gasteiger partial charge in [-0.1, -0.05) is 18.6 Å². The van der Waals surface area contributed by atoms with Crippen LogP contribution in [-0.2, 0) is 4.79 Å². The lowest BCUT2D eigenvalue weighted by Crippen LogP contribution is -2.39. The van der Waals surface area contributed by atoms with Crippen molar-refractivity contribution in [3.8, 4) is 0 Å². The summed E-state index contributed by atoms with van der Waals surface area (Å²) in [6.07, 6.45) is 0.587. The minimum atomic E-state index is -1.06. The number of hydrogen-bond donors (Lipinski definition) is 3. The molecule has 0 aliphatic carbocycles. The molecule has 0 spiro atoms. The van der Waals surface area contributed by atoms with Gasteiger partial charge in [0.1, 0.15) is 0 Å². The molecule has 0 bridgehead atoms. The van der Waals surface area contributed by atoms with E-state index in [0.29, 0.717) is 12.1 Å². The number of carbonyl (C=O) groups excluding carboxylic acids is 1. The predicted molar refractivity (Wildman–Crippen MR) is 74.2 cm³/mol. The quantitative estimate of drug-likeness (QED) is 0.758. The van der Waals surface area contributed by atoms with E-state index in [0.717, 1.165) is 5.56 Å². The zero-order chi connectivity index (χ0) is 14.6. The number of anilines is 1. The average Bonchev–Trinajstić information content (AvgIpc) is 2.39. The molecule has 0 aliphatic rings. The number of aryl methyl sites for hydroxylation is 1. The molecule has 5 heteroatoms. The number of benzene rings is 1. The third kappa shape index (κ3) is 3.32. The standard InChI is InChI=1S/C14H20N2O3/c1-4-14(3,8-15)13(19)16-11-6-5-9(2)7-10(11)12(17)18/h5-7H,4,8,15H2,1-3H3,(H,16,19)(H,17,18). The van der Waals surface area contributed by atoms with Gasteiger partial charge in [-0.3, -0.25) is 4.79 Å². The van der Waals surface area contributed by atoms with Gasteiger partial charge < -0.3 is 16.2 Å². The van der Waals surface area contributed by atoms with Crippen LogP contribution >= 0.6 is 0 Å². The Labute approximate surface area is 112 Å². The first-order chi connectivity index (χ1) is 8.84. The average molecular weight is 264 g/mol. The van der Waals surface area contributed by atoms with Gasteiger partial charge in [0.15, 0.2) is 0 Å². The van der Waals surface area contributed by atoms with Crippen LogP contribution in [0, 0.1) is 12.3 Å². The molecule has 0 fully saturated rings. The van der Waals surface area contributed by atoms with Crippen LogP contribution in [0.2, 0.25) is 0 Å². The van der Waals surface area contributed by atoms with Crippen molar-refractivity contribution in [2.75, 3.05) is 11.9 Å². The Morgan fingerprint density at radius 3 is 2.53 bits per heavy atom. The molecule has 19 heavy (non-hydrogen) atoms. The van der Waals surface area contributed by atoms with Crippen LogP contribution in [0.3, 0.4) is 0 Å². The van der Waals surface area contributed by atoms with Crippen LogP contribution in [0.25, 0.3) is 0 Å². The van der Waals surface area contributed by atoms with Gasteiger partial charge in [0.05, 0.1) is 16.7 Å². The number of aromatic carboxylic acids is 1. The van der Waals surface area contributed by atoms with Crippen molar-refractivity contribution in [2.45, 2.75) is 27.2 Å². The molecule has 0 saturated heterocycles. The van der Waals surface area contributed by atoms with Gasteiger partial charge in [0.2, 0.25) is 5.91 Å². The van der Waals surface area contributed by atoms with Gasteiger partial charge in [-0.05, 0) is 32.4 Å². The van der Waals surface area contributed by atoms with Gasteiger partial charge >= 0.3 is 5.97 Å². The Balaban J connectivity index is 3.06. The number of nitrogens with two attached hydrogens (primary N) is 1. The molecule has 1 unspecified atom stereocenters. The van der Waals surface area contributed by atoms with Crippen LogP contribution in [0.5, 0.6) is 0 Å². The summed E-state index contributed by atoms with van der Waals surface area (Å²) in [6.45, 7) is 5.65. The van der Waals surface area contributed by atoms with Crippen molar-refractivity contribution >= 4 is 17.6 Å². The van der Waals surface area contributed by atoms with Crippen LogP contribution < -0.4 is 11.1 Å². The minimum Gasteiger partial charge on any atom is -0.478 e. The Morgan fingerprint density at radius 2 is 2.05 bits per heavy atom. The molecule has 1 aromatic carbocycles. The van der Waals surface area contributed by atoms with Crippen molar-refractivity contribution in [3.05, 3.63) is 29.3 Å². The molecular formula is C14H20N2O3. The van der Waals surface area contributed by atoms with Crippen LogP contribution in [0.4, 0.5) is 5.69 Å². The van der Waals surface area contributed by atoms with E-state index in [1.807, 2.05) is 6.92 Å². The maximum Gasteiger partial charge on any atom is 0.337 e. The fourth-order valence-corrected chi connectivity index (χ4v) is 1.61. The zero-order valence-electron chi connectivity index (χ0n) is 11.5. The first-order valence-corrected chi connectivity index (χ1v) is 6.19. The number of amides is 1. The van der Waals surface area contributed by atoms with E-state index >= 15 is 0 Å². The highest BCUT2D eigenvalue weighted by Crippen LogP contribution is 2.24. The van der Waals surface area contributed by atoms with Crippen molar-refractivity contribution in [2.24, 2.45) is 11.1 Å². The first kappa shape index (κ1) is 15.2. The maximum absolute atomic E-state index is 12.2. The molecule has 0 heterocycles. The highest BCUT2D eigenvalue weighted by atomic mass is 16.4. The Kier molecular flexibility index (Phi) is 4.67. The number of carboxylic acids is 1. The van der Waals surface area contributed by atoms with Crippen LogP contribution in [-0.4, -0.2) is 23.5 Å². The second kappa shape index (κ2) is 5.84. The number of hydrogen-bond acceptors (Lipinski definition) is 3. The van der Waals surface area contributed by atoms with Gasteiger partial charge in [0, 0.05) is 6.54 Å². The second-order valence-corrected chi connectivity index (χ2v) is 4.93. The molecule has 5 nitrogen and oxygen atoms in total. The summed E-state index contributed by atoms with van der Waals surface area (Å²) in [5.41, 5.74) is 6.14. The monoisotopic (exact) mass is 264 g/mol. The third-order valence-electron chi connectivity index (χ3n) is 3.43. The minimum absolute atomic E-state index is 0.0869. The summed E-state index contributed by atoms with van der Waals surface area (Å²) in [5.74, 6) is -1.33. The topological polar surface area (TPSA) is 92.4 Å². The lowest BCUT2D eigenvalue weighted by molar-refractivity contribution is -0.124. The van der Waals surface area contributed by atoms with E-state index in [1.165, 1.54) is 6.07 Å². The normalized spacial score (nSPS) is 13.7. The number of nitrogens with one attached hydrogen (secondary N) is 1. The number of carboxylic acid groups (broad SMARTS) is 1. The fraction of sp³-hybridized carbons (Fsp3) is 0.429. The first-order valence-electron chi connectivity index (χ1n) is 6.19. The van der Waals surface area contributed by atoms with Crippen molar-refractivity contribution in [1.29, 1.82) is 0 Å². The maximum atomic E-state index is 12.2. The summed E-state index contributed by atoms with van der Waals surface area (Å²) >= 11 is 0. The van der Waals surface area contributed by atoms with Crippen molar-refractivity contribution in [1.82, 2.24) is 0 Å². The van der Waals surface area contributed by atoms with Gasteiger partial charge in [0.25, 0.3) is 0 Å². The molecule has 1 amide bonds. The fourth-order valence-electron chi connectivity index (χ4n) is 1.61. The second-order valence-electron chi connectivity index (χ2n) is 4.93. The molecule has 1 rings (SSSR count). The molecule has 1 atom stereocenters. The van der Waals surface area contributed by atoms with E-state index in [-0.39, 0.29) is 18.0 Å². The molecule has 4 N–H and O–H groups in total. The molecule has 0 radical (unpaired) electrons. The smallest absolute Gasteiger partial charge is 0.337 e. The lowest BCUT2D eigenvalue weighted by Gasteiger charge is -2.25. The summed E-state index contributed by atoms with van der Waals surface area (Å²) in [4.78, 5) is 23.3. The highest BCUT2D eigenvalue weighted by Gasteiger charge is 2.30. The molecule has 0 saturated carbocycles. The van der Waals surface area contributed by atoms with Crippen molar-refractivity contribution in [3.63, 3.8) is 0 Å². The summed E-state index contributed by atoms with van der Waals surface area (Å²) in [7, 11) is 0. The van der Waals surface area contributed by atoms with Crippen LogP contribution in [0.15, 0.2) is 18.2 Å². The lowest BCUT2D eigenvalue weighted by atomic mass is 9.86. The van der Waals surface area contributed by atoms with Crippen molar-refractivity contribution < 1.29 is 14.7 Å². The van der Waals surface area contributed by atoms with E-state index in [1.54, 1.807) is 26.0 Å². The van der Waals surface area contributed by atoms with Gasteiger partial charge in [-0.25, -0.2) is 4.79 Å². The molecule has 1 aromatic rings. The highest BCUT2D eigenvalue weighted by molar-refractivity contribution is 6.02.